The van der Waals surface area contributed by atoms with Gasteiger partial charge in [0.15, 0.2) is 0 Å². The number of hydrogen-bond acceptors (Lipinski definition) is 5. The summed E-state index contributed by atoms with van der Waals surface area (Å²) in [5.41, 5.74) is 8.75. The summed E-state index contributed by atoms with van der Waals surface area (Å²) < 4.78 is 28.2. The maximum atomic E-state index is 14.0. The summed E-state index contributed by atoms with van der Waals surface area (Å²) in [5.74, 6) is -1.67. The first-order valence-electron chi connectivity index (χ1n) is 12.2. The number of carbonyl (C=O) groups is 2. The van der Waals surface area contributed by atoms with E-state index in [1.54, 1.807) is 36.4 Å². The Balaban J connectivity index is 1.69. The van der Waals surface area contributed by atoms with Gasteiger partial charge in [0.2, 0.25) is 15.9 Å². The molecule has 0 bridgehead atoms. The lowest BCUT2D eigenvalue weighted by atomic mass is 10.0. The maximum Gasteiger partial charge on any atom is 0.326 e. The van der Waals surface area contributed by atoms with E-state index >= 15 is 0 Å². The fourth-order valence-corrected chi connectivity index (χ4v) is 6.29. The second-order valence-electron chi connectivity index (χ2n) is 9.34. The number of nitrogen functional groups attached to an aromatic ring is 1. The first kappa shape index (κ1) is 26.4. The number of carboxylic acid groups (broad SMARTS) is 1. The number of anilines is 1. The van der Waals surface area contributed by atoms with Crippen molar-refractivity contribution in [1.29, 1.82) is 0 Å². The molecule has 9 heteroatoms. The van der Waals surface area contributed by atoms with Gasteiger partial charge in [-0.15, -0.1) is 0 Å². The number of rotatable bonds is 9. The molecular formula is C28H31N3O5S. The van der Waals surface area contributed by atoms with Crippen molar-refractivity contribution in [2.75, 3.05) is 12.3 Å². The largest absolute Gasteiger partial charge is 0.480 e. The Morgan fingerprint density at radius 1 is 1.00 bits per heavy atom. The van der Waals surface area contributed by atoms with Crippen molar-refractivity contribution in [2.24, 2.45) is 0 Å². The second kappa shape index (κ2) is 11.1. The lowest BCUT2D eigenvalue weighted by Gasteiger charge is -2.34. The molecule has 1 fully saturated rings. The molecule has 0 spiro atoms. The zero-order chi connectivity index (χ0) is 26.6. The summed E-state index contributed by atoms with van der Waals surface area (Å²) >= 11 is 0. The molecule has 0 aromatic heterocycles. The molecule has 3 aromatic carbocycles. The van der Waals surface area contributed by atoms with Crippen LogP contribution >= 0.6 is 0 Å². The van der Waals surface area contributed by atoms with E-state index in [1.807, 2.05) is 37.3 Å². The molecule has 3 N–H and O–H groups in total. The minimum Gasteiger partial charge on any atom is -0.480 e. The number of nitrogens with zero attached hydrogens (tertiary/aromatic N) is 2. The van der Waals surface area contributed by atoms with Gasteiger partial charge >= 0.3 is 5.97 Å². The summed E-state index contributed by atoms with van der Waals surface area (Å²) in [6, 6.07) is 20.3. The molecule has 0 radical (unpaired) electrons. The van der Waals surface area contributed by atoms with E-state index in [2.05, 4.69) is 0 Å². The van der Waals surface area contributed by atoms with Crippen LogP contribution in [0, 0.1) is 6.92 Å². The number of hydrogen-bond donors (Lipinski definition) is 2. The number of aryl methyl sites for hydroxylation is 1. The third kappa shape index (κ3) is 6.00. The van der Waals surface area contributed by atoms with E-state index in [0.29, 0.717) is 24.1 Å². The van der Waals surface area contributed by atoms with Crippen molar-refractivity contribution in [2.45, 2.75) is 49.7 Å². The molecule has 1 saturated heterocycles. The average molecular weight is 522 g/mol. The van der Waals surface area contributed by atoms with Crippen molar-refractivity contribution < 1.29 is 23.1 Å². The van der Waals surface area contributed by atoms with Crippen LogP contribution in [0.4, 0.5) is 5.69 Å². The summed E-state index contributed by atoms with van der Waals surface area (Å²) in [6.45, 7) is 2.07. The fraction of sp³-hybridized carbons (Fsp3) is 0.286. The van der Waals surface area contributed by atoms with Crippen LogP contribution in [0.3, 0.4) is 0 Å². The van der Waals surface area contributed by atoms with Crippen LogP contribution in [-0.2, 0) is 32.6 Å². The molecule has 2 atom stereocenters. The molecule has 0 aliphatic carbocycles. The van der Waals surface area contributed by atoms with Crippen molar-refractivity contribution in [3.8, 4) is 0 Å². The predicted molar refractivity (Wildman–Crippen MR) is 141 cm³/mol. The molecule has 8 nitrogen and oxygen atoms in total. The van der Waals surface area contributed by atoms with Gasteiger partial charge in [0, 0.05) is 25.2 Å². The molecule has 0 saturated carbocycles. The number of carboxylic acids is 1. The maximum absolute atomic E-state index is 14.0. The van der Waals surface area contributed by atoms with Crippen LogP contribution in [0.1, 0.15) is 29.5 Å². The molecule has 37 heavy (non-hydrogen) atoms. The van der Waals surface area contributed by atoms with E-state index in [0.717, 1.165) is 11.1 Å². The van der Waals surface area contributed by atoms with Crippen molar-refractivity contribution in [3.05, 3.63) is 95.6 Å². The molecule has 3 aromatic rings. The Morgan fingerprint density at radius 2 is 1.65 bits per heavy atom. The summed E-state index contributed by atoms with van der Waals surface area (Å²) in [7, 11) is -3.94. The highest BCUT2D eigenvalue weighted by molar-refractivity contribution is 7.89. The monoisotopic (exact) mass is 521 g/mol. The Hall–Kier alpha value is -3.69. The highest BCUT2D eigenvalue weighted by atomic mass is 32.2. The van der Waals surface area contributed by atoms with Gasteiger partial charge in [0.1, 0.15) is 12.1 Å². The molecule has 194 valence electrons. The van der Waals surface area contributed by atoms with Gasteiger partial charge in [0.05, 0.1) is 4.90 Å². The van der Waals surface area contributed by atoms with Gasteiger partial charge in [-0.2, -0.15) is 4.31 Å². The Kier molecular flexibility index (Phi) is 7.94. The Labute approximate surface area is 217 Å². The topological polar surface area (TPSA) is 121 Å². The van der Waals surface area contributed by atoms with E-state index in [9.17, 15) is 23.1 Å². The first-order valence-corrected chi connectivity index (χ1v) is 13.6. The van der Waals surface area contributed by atoms with Gasteiger partial charge in [0.25, 0.3) is 0 Å². The van der Waals surface area contributed by atoms with Crippen LogP contribution in [0.15, 0.2) is 83.8 Å². The van der Waals surface area contributed by atoms with E-state index in [1.165, 1.54) is 21.3 Å². The molecule has 1 aliphatic heterocycles. The summed E-state index contributed by atoms with van der Waals surface area (Å²) in [4.78, 5) is 27.9. The standard InChI is InChI=1S/C28H31N3O5S/c1-20-9-15-24(16-10-20)37(35,36)31-17-5-8-25(31)27(32)30(19-22-11-13-23(29)14-12-22)26(28(33)34)18-21-6-3-2-4-7-21/h2-4,6-7,9-16,25-26H,5,8,17-19,29H2,1H3,(H,33,34)/t25-,26-/m0/s1. The molecule has 4 rings (SSSR count). The van der Waals surface area contributed by atoms with Crippen molar-refractivity contribution in [1.82, 2.24) is 9.21 Å². The van der Waals surface area contributed by atoms with E-state index in [4.69, 9.17) is 5.73 Å². The van der Waals surface area contributed by atoms with Gasteiger partial charge < -0.3 is 15.7 Å². The van der Waals surface area contributed by atoms with Crippen LogP contribution in [0.2, 0.25) is 0 Å². The first-order chi connectivity index (χ1) is 17.7. The van der Waals surface area contributed by atoms with E-state index in [-0.39, 0.29) is 24.4 Å². The average Bonchev–Trinajstić information content (AvgIpc) is 3.39. The predicted octanol–water partition coefficient (Wildman–Crippen LogP) is 3.46. The van der Waals surface area contributed by atoms with Gasteiger partial charge in [-0.1, -0.05) is 60.2 Å². The lowest BCUT2D eigenvalue weighted by molar-refractivity contribution is -0.152. The number of nitrogens with two attached hydrogens (primary N) is 1. The zero-order valence-corrected chi connectivity index (χ0v) is 21.5. The normalized spacial score (nSPS) is 16.8. The van der Waals surface area contributed by atoms with Gasteiger partial charge in [-0.3, -0.25) is 4.79 Å². The zero-order valence-electron chi connectivity index (χ0n) is 20.7. The van der Waals surface area contributed by atoms with Gasteiger partial charge in [-0.05, 0) is 55.2 Å². The third-order valence-electron chi connectivity index (χ3n) is 6.67. The Morgan fingerprint density at radius 3 is 2.27 bits per heavy atom. The highest BCUT2D eigenvalue weighted by Gasteiger charge is 2.43. The van der Waals surface area contributed by atoms with Crippen LogP contribution in [0.5, 0.6) is 0 Å². The molecule has 0 unspecified atom stereocenters. The molecule has 1 aliphatic rings. The summed E-state index contributed by atoms with van der Waals surface area (Å²) in [6.07, 6.45) is 0.918. The quantitative estimate of drug-likeness (QED) is 0.416. The SMILES string of the molecule is Cc1ccc(S(=O)(=O)N2CCC[C@H]2C(=O)N(Cc2ccc(N)cc2)[C@@H](Cc2ccccc2)C(=O)O)cc1. The number of amides is 1. The minimum atomic E-state index is -3.94. The van der Waals surface area contributed by atoms with Gasteiger partial charge in [-0.25, -0.2) is 13.2 Å². The number of carbonyl (C=O) groups excluding carboxylic acids is 1. The third-order valence-corrected chi connectivity index (χ3v) is 8.59. The lowest BCUT2D eigenvalue weighted by Crippen LogP contribution is -2.53. The van der Waals surface area contributed by atoms with E-state index < -0.39 is 34.0 Å². The molecule has 1 heterocycles. The highest BCUT2D eigenvalue weighted by Crippen LogP contribution is 2.29. The second-order valence-corrected chi connectivity index (χ2v) is 11.2. The number of aliphatic carboxylic acids is 1. The van der Waals surface area contributed by atoms with Crippen molar-refractivity contribution >= 4 is 27.6 Å². The van der Waals surface area contributed by atoms with Crippen LogP contribution < -0.4 is 5.73 Å². The number of sulfonamides is 1. The van der Waals surface area contributed by atoms with Crippen LogP contribution in [-0.4, -0.2) is 53.2 Å². The van der Waals surface area contributed by atoms with Crippen LogP contribution in [0.25, 0.3) is 0 Å². The smallest absolute Gasteiger partial charge is 0.326 e. The molecular weight excluding hydrogens is 490 g/mol. The minimum absolute atomic E-state index is 0.0117. The Bertz CT molecular complexity index is 1340. The van der Waals surface area contributed by atoms with Crippen molar-refractivity contribution in [3.63, 3.8) is 0 Å². The number of benzene rings is 3. The fourth-order valence-electron chi connectivity index (χ4n) is 4.64. The molecule has 1 amide bonds. The summed E-state index contributed by atoms with van der Waals surface area (Å²) in [5, 5.41) is 10.2.